The number of pyridine rings is 2. The predicted octanol–water partition coefficient (Wildman–Crippen LogP) is 4.01. The van der Waals surface area contributed by atoms with Crippen LogP contribution in [0.15, 0.2) is 42.9 Å². The fraction of sp³-hybridized carbons (Fsp3) is 0.389. The zero-order valence-electron chi connectivity index (χ0n) is 13.5. The van der Waals surface area contributed by atoms with Crippen molar-refractivity contribution in [2.45, 2.75) is 37.0 Å². The van der Waals surface area contributed by atoms with E-state index < -0.39 is 11.3 Å². The summed E-state index contributed by atoms with van der Waals surface area (Å²) in [7, 11) is 0. The molecule has 2 aromatic heterocycles. The van der Waals surface area contributed by atoms with E-state index in [0.29, 0.717) is 10.7 Å². The van der Waals surface area contributed by atoms with E-state index in [1.165, 1.54) is 12.4 Å². The van der Waals surface area contributed by atoms with Crippen molar-refractivity contribution in [3.8, 4) is 0 Å². The molecule has 132 valence electrons. The molecule has 2 heterocycles. The molecule has 1 saturated carbocycles. The van der Waals surface area contributed by atoms with Gasteiger partial charge in [-0.3, -0.25) is 9.78 Å². The highest BCUT2D eigenvalue weighted by molar-refractivity contribution is 6.29. The number of halogens is 3. The Balaban J connectivity index is 1.80. The zero-order valence-corrected chi connectivity index (χ0v) is 14.3. The molecule has 1 aliphatic carbocycles. The number of rotatable bonds is 4. The molecular weight excluding hydrogens is 348 g/mol. The summed E-state index contributed by atoms with van der Waals surface area (Å²) in [6.45, 7) is 0.271. The average molecular weight is 366 g/mol. The summed E-state index contributed by atoms with van der Waals surface area (Å²) in [4.78, 5) is 20.3. The van der Waals surface area contributed by atoms with Crippen LogP contribution in [-0.4, -0.2) is 28.3 Å². The number of carbonyl (C=O) groups is 1. The number of hydrogen-bond donors (Lipinski definition) is 1. The van der Waals surface area contributed by atoms with E-state index in [2.05, 4.69) is 15.3 Å². The van der Waals surface area contributed by atoms with Crippen molar-refractivity contribution < 1.29 is 13.6 Å². The van der Waals surface area contributed by atoms with E-state index in [9.17, 15) is 13.6 Å². The predicted molar refractivity (Wildman–Crippen MR) is 90.9 cm³/mol. The molecule has 0 saturated heterocycles. The highest BCUT2D eigenvalue weighted by Crippen LogP contribution is 2.45. The van der Waals surface area contributed by atoms with Crippen LogP contribution < -0.4 is 5.32 Å². The molecule has 0 bridgehead atoms. The SMILES string of the molecule is O=C(NCC1(c2ccc(Cl)nc2)CCC(F)(F)CC1)c1ccncc1. The van der Waals surface area contributed by atoms with Crippen LogP contribution in [0.3, 0.4) is 0 Å². The Morgan fingerprint density at radius 1 is 1.12 bits per heavy atom. The van der Waals surface area contributed by atoms with Gasteiger partial charge in [-0.25, -0.2) is 13.8 Å². The molecular formula is C18H18ClF2N3O. The van der Waals surface area contributed by atoms with Gasteiger partial charge in [-0.15, -0.1) is 0 Å². The second-order valence-electron chi connectivity index (χ2n) is 6.42. The number of alkyl halides is 2. The maximum absolute atomic E-state index is 13.7. The summed E-state index contributed by atoms with van der Waals surface area (Å²) < 4.78 is 27.3. The van der Waals surface area contributed by atoms with Gasteiger partial charge in [0.1, 0.15) is 5.15 Å². The van der Waals surface area contributed by atoms with Gasteiger partial charge in [0, 0.05) is 49.0 Å². The fourth-order valence-corrected chi connectivity index (χ4v) is 3.32. The van der Waals surface area contributed by atoms with Crippen LogP contribution in [0.1, 0.15) is 41.6 Å². The highest BCUT2D eigenvalue weighted by atomic mass is 35.5. The number of nitrogens with one attached hydrogen (secondary N) is 1. The largest absolute Gasteiger partial charge is 0.351 e. The summed E-state index contributed by atoms with van der Waals surface area (Å²) in [5, 5.41) is 3.23. The Hall–Kier alpha value is -2.08. The topological polar surface area (TPSA) is 54.9 Å². The standard InChI is InChI=1S/C18H18ClF2N3O/c19-15-2-1-14(11-23-15)17(5-7-18(20,21)8-6-17)12-24-16(25)13-3-9-22-10-4-13/h1-4,9-11H,5-8,12H2,(H,24,25). The van der Waals surface area contributed by atoms with E-state index in [4.69, 9.17) is 11.6 Å². The molecule has 1 amide bonds. The van der Waals surface area contributed by atoms with E-state index in [0.717, 1.165) is 5.56 Å². The maximum Gasteiger partial charge on any atom is 0.251 e. The zero-order chi connectivity index (χ0) is 17.9. The van der Waals surface area contributed by atoms with Crippen molar-refractivity contribution >= 4 is 17.5 Å². The van der Waals surface area contributed by atoms with Crippen molar-refractivity contribution in [3.05, 3.63) is 59.1 Å². The normalized spacial score (nSPS) is 18.5. The minimum Gasteiger partial charge on any atom is -0.351 e. The Labute approximate surface area is 149 Å². The van der Waals surface area contributed by atoms with E-state index >= 15 is 0 Å². The van der Waals surface area contributed by atoms with Crippen molar-refractivity contribution in [3.63, 3.8) is 0 Å². The minimum atomic E-state index is -2.65. The first kappa shape index (κ1) is 17.7. The van der Waals surface area contributed by atoms with Gasteiger partial charge in [0.05, 0.1) is 0 Å². The highest BCUT2D eigenvalue weighted by Gasteiger charge is 2.44. The molecule has 0 aliphatic heterocycles. The number of hydrogen-bond acceptors (Lipinski definition) is 3. The first-order chi connectivity index (χ1) is 11.9. The van der Waals surface area contributed by atoms with Crippen LogP contribution in [0.4, 0.5) is 8.78 Å². The number of amides is 1. The summed E-state index contributed by atoms with van der Waals surface area (Å²) in [5.41, 5.74) is 0.741. The van der Waals surface area contributed by atoms with Gasteiger partial charge < -0.3 is 5.32 Å². The van der Waals surface area contributed by atoms with Gasteiger partial charge in [-0.1, -0.05) is 17.7 Å². The second-order valence-corrected chi connectivity index (χ2v) is 6.81. The molecule has 0 unspecified atom stereocenters. The van der Waals surface area contributed by atoms with Gasteiger partial charge in [0.15, 0.2) is 0 Å². The van der Waals surface area contributed by atoms with Crippen molar-refractivity contribution in [2.75, 3.05) is 6.54 Å². The molecule has 7 heteroatoms. The molecule has 1 aliphatic rings. The van der Waals surface area contributed by atoms with E-state index in [1.807, 2.05) is 0 Å². The first-order valence-electron chi connectivity index (χ1n) is 8.08. The second kappa shape index (κ2) is 7.04. The van der Waals surface area contributed by atoms with Gasteiger partial charge in [0.2, 0.25) is 5.92 Å². The molecule has 1 fully saturated rings. The van der Waals surface area contributed by atoms with Crippen LogP contribution in [0.25, 0.3) is 0 Å². The van der Waals surface area contributed by atoms with Crippen molar-refractivity contribution in [1.29, 1.82) is 0 Å². The molecule has 2 aromatic rings. The molecule has 3 rings (SSSR count). The van der Waals surface area contributed by atoms with E-state index in [-0.39, 0.29) is 38.1 Å². The third kappa shape index (κ3) is 4.12. The lowest BCUT2D eigenvalue weighted by Crippen LogP contribution is -2.45. The smallest absolute Gasteiger partial charge is 0.251 e. The third-order valence-electron chi connectivity index (χ3n) is 4.81. The van der Waals surface area contributed by atoms with Gasteiger partial charge in [-0.2, -0.15) is 0 Å². The van der Waals surface area contributed by atoms with Crippen molar-refractivity contribution in [2.24, 2.45) is 0 Å². The summed E-state index contributed by atoms with van der Waals surface area (Å²) in [6, 6.07) is 6.68. The lowest BCUT2D eigenvalue weighted by atomic mass is 9.68. The van der Waals surface area contributed by atoms with Crippen LogP contribution >= 0.6 is 11.6 Å². The van der Waals surface area contributed by atoms with E-state index in [1.54, 1.807) is 30.5 Å². The third-order valence-corrected chi connectivity index (χ3v) is 5.03. The number of aromatic nitrogens is 2. The van der Waals surface area contributed by atoms with Crippen LogP contribution in [0.5, 0.6) is 0 Å². The van der Waals surface area contributed by atoms with Gasteiger partial charge in [0.25, 0.3) is 5.91 Å². The Kier molecular flexibility index (Phi) is 4.99. The molecule has 0 aromatic carbocycles. The molecule has 0 atom stereocenters. The summed E-state index contributed by atoms with van der Waals surface area (Å²) in [5.74, 6) is -2.90. The molecule has 1 N–H and O–H groups in total. The number of carbonyl (C=O) groups excluding carboxylic acids is 1. The quantitative estimate of drug-likeness (QED) is 0.833. The lowest BCUT2D eigenvalue weighted by molar-refractivity contribution is -0.0516. The maximum atomic E-state index is 13.7. The minimum absolute atomic E-state index is 0.208. The van der Waals surface area contributed by atoms with Crippen LogP contribution in [0, 0.1) is 0 Å². The van der Waals surface area contributed by atoms with Gasteiger partial charge >= 0.3 is 0 Å². The molecule has 4 nitrogen and oxygen atoms in total. The molecule has 0 radical (unpaired) electrons. The Bertz CT molecular complexity index is 728. The molecule has 0 spiro atoms. The van der Waals surface area contributed by atoms with Crippen LogP contribution in [-0.2, 0) is 5.41 Å². The Morgan fingerprint density at radius 2 is 1.80 bits per heavy atom. The average Bonchev–Trinajstić information content (AvgIpc) is 2.62. The monoisotopic (exact) mass is 365 g/mol. The van der Waals surface area contributed by atoms with Gasteiger partial charge in [-0.05, 0) is 36.6 Å². The lowest BCUT2D eigenvalue weighted by Gasteiger charge is -2.40. The summed E-state index contributed by atoms with van der Waals surface area (Å²) >= 11 is 5.84. The first-order valence-corrected chi connectivity index (χ1v) is 8.46. The van der Waals surface area contributed by atoms with Crippen LogP contribution in [0.2, 0.25) is 5.15 Å². The Morgan fingerprint density at radius 3 is 2.40 bits per heavy atom. The molecule has 25 heavy (non-hydrogen) atoms. The summed E-state index contributed by atoms with van der Waals surface area (Å²) in [6.07, 6.45) is 4.83. The fourth-order valence-electron chi connectivity index (χ4n) is 3.21. The van der Waals surface area contributed by atoms with Crippen molar-refractivity contribution in [1.82, 2.24) is 15.3 Å². The number of nitrogens with zero attached hydrogens (tertiary/aromatic N) is 2.